The lowest BCUT2D eigenvalue weighted by molar-refractivity contribution is 0.00425. The summed E-state index contributed by atoms with van der Waals surface area (Å²) >= 11 is 0. The number of morpholine rings is 1. The minimum absolute atomic E-state index is 0.0426. The van der Waals surface area contributed by atoms with Crippen LogP contribution in [0.4, 0.5) is 4.79 Å². The van der Waals surface area contributed by atoms with Gasteiger partial charge in [0.15, 0.2) is 0 Å². The molecule has 1 amide bonds. The number of hydrogen-bond acceptors (Lipinski definition) is 3. The van der Waals surface area contributed by atoms with E-state index in [2.05, 4.69) is 12.1 Å². The number of ether oxygens (including phenoxy) is 2. The molecule has 2 bridgehead atoms. The highest BCUT2D eigenvalue weighted by Crippen LogP contribution is 2.62. The average Bonchev–Trinajstić information content (AvgIpc) is 2.95. The Morgan fingerprint density at radius 3 is 2.16 bits per heavy atom. The van der Waals surface area contributed by atoms with Crippen molar-refractivity contribution < 1.29 is 14.3 Å². The molecule has 0 aliphatic carbocycles. The quantitative estimate of drug-likeness (QED) is 0.673. The molecule has 0 saturated carbocycles. The molecule has 0 unspecified atom stereocenters. The highest BCUT2D eigenvalue weighted by molar-refractivity contribution is 5.73. The van der Waals surface area contributed by atoms with Crippen molar-refractivity contribution in [2.24, 2.45) is 0 Å². The number of rotatable bonds is 0. The topological polar surface area (TPSA) is 42.1 Å². The first-order valence-corrected chi connectivity index (χ1v) is 6.73. The van der Waals surface area contributed by atoms with Crippen molar-refractivity contribution in [3.63, 3.8) is 0 Å². The summed E-state index contributed by atoms with van der Waals surface area (Å²) < 4.78 is 11.2. The summed E-state index contributed by atoms with van der Waals surface area (Å²) in [5.41, 5.74) is 1.98. The van der Waals surface area contributed by atoms with Gasteiger partial charge < -0.3 is 9.47 Å². The molecule has 3 aliphatic heterocycles. The smallest absolute Gasteiger partial charge is 0.411 e. The molecule has 4 nitrogen and oxygen atoms in total. The lowest BCUT2D eigenvalue weighted by Crippen LogP contribution is -2.37. The molecule has 3 heterocycles. The molecule has 1 aromatic rings. The molecule has 4 heteroatoms. The first-order valence-electron chi connectivity index (χ1n) is 6.73. The van der Waals surface area contributed by atoms with Gasteiger partial charge in [0.2, 0.25) is 0 Å². The van der Waals surface area contributed by atoms with Crippen molar-refractivity contribution in [1.82, 2.24) is 4.90 Å². The van der Waals surface area contributed by atoms with Crippen LogP contribution in [0.3, 0.4) is 0 Å². The van der Waals surface area contributed by atoms with Gasteiger partial charge in [0.05, 0.1) is 12.1 Å². The van der Waals surface area contributed by atoms with Crippen LogP contribution < -0.4 is 0 Å². The van der Waals surface area contributed by atoms with E-state index in [1.807, 2.05) is 37.8 Å². The summed E-state index contributed by atoms with van der Waals surface area (Å²) in [4.78, 5) is 14.3. The van der Waals surface area contributed by atoms with Crippen LogP contribution >= 0.6 is 0 Å². The second kappa shape index (κ2) is 3.31. The van der Waals surface area contributed by atoms with E-state index in [-0.39, 0.29) is 30.4 Å². The summed E-state index contributed by atoms with van der Waals surface area (Å²) in [6, 6.07) is 8.31. The van der Waals surface area contributed by atoms with Gasteiger partial charge in [0.1, 0.15) is 17.8 Å². The maximum absolute atomic E-state index is 12.4. The first kappa shape index (κ1) is 11.3. The predicted octanol–water partition coefficient (Wildman–Crippen LogP) is 2.80. The van der Waals surface area contributed by atoms with E-state index in [0.717, 1.165) is 0 Å². The summed E-state index contributed by atoms with van der Waals surface area (Å²) in [7, 11) is 0. The van der Waals surface area contributed by atoms with E-state index in [1.54, 1.807) is 0 Å². The Morgan fingerprint density at radius 2 is 1.68 bits per heavy atom. The van der Waals surface area contributed by atoms with E-state index >= 15 is 0 Å². The number of fused-ring (bicyclic) bond motifs is 8. The van der Waals surface area contributed by atoms with Crippen LogP contribution in [0.1, 0.15) is 44.0 Å². The number of amides is 1. The second-order valence-corrected chi connectivity index (χ2v) is 6.47. The summed E-state index contributed by atoms with van der Waals surface area (Å²) in [6.07, 6.45) is 0.120. The van der Waals surface area contributed by atoms with Crippen LogP contribution in [0.2, 0.25) is 0 Å². The highest BCUT2D eigenvalue weighted by Gasteiger charge is 2.68. The third kappa shape index (κ3) is 1.46. The van der Waals surface area contributed by atoms with Crippen LogP contribution in [0.15, 0.2) is 24.3 Å². The van der Waals surface area contributed by atoms with E-state index in [9.17, 15) is 4.79 Å². The lowest BCUT2D eigenvalue weighted by Gasteiger charge is -2.29. The van der Waals surface area contributed by atoms with Gasteiger partial charge in [-0.2, -0.15) is 0 Å². The van der Waals surface area contributed by atoms with Crippen molar-refractivity contribution >= 4 is 6.09 Å². The Bertz CT molecular complexity index is 528. The largest absolute Gasteiger partial charge is 0.444 e. The first-order chi connectivity index (χ1) is 8.97. The molecule has 1 aromatic carbocycles. The summed E-state index contributed by atoms with van der Waals surface area (Å²) in [5.74, 6) is 0. The number of hydrogen-bond donors (Lipinski definition) is 0. The SMILES string of the molecule is CC(C)(C)OC(=O)N1[C@@H]2c3ccccc3[C@H]1[C@@H]1O[C@@H]12. The van der Waals surface area contributed by atoms with Gasteiger partial charge in [-0.25, -0.2) is 4.79 Å². The minimum atomic E-state index is -0.462. The van der Waals surface area contributed by atoms with E-state index in [1.165, 1.54) is 11.1 Å². The van der Waals surface area contributed by atoms with Gasteiger partial charge in [-0.3, -0.25) is 4.90 Å². The third-order valence-corrected chi connectivity index (χ3v) is 4.02. The summed E-state index contributed by atoms with van der Waals surface area (Å²) in [6.45, 7) is 5.69. The van der Waals surface area contributed by atoms with E-state index in [0.29, 0.717) is 0 Å². The zero-order valence-electron chi connectivity index (χ0n) is 11.3. The van der Waals surface area contributed by atoms with Gasteiger partial charge in [-0.05, 0) is 31.9 Å². The monoisotopic (exact) mass is 259 g/mol. The van der Waals surface area contributed by atoms with Crippen molar-refractivity contribution in [3.8, 4) is 0 Å². The molecular formula is C15H17NO3. The molecule has 0 spiro atoms. The van der Waals surface area contributed by atoms with Gasteiger partial charge in [0, 0.05) is 0 Å². The molecule has 3 aliphatic rings. The molecular weight excluding hydrogens is 242 g/mol. The van der Waals surface area contributed by atoms with Crippen LogP contribution in [0.25, 0.3) is 0 Å². The van der Waals surface area contributed by atoms with Crippen molar-refractivity contribution in [2.75, 3.05) is 0 Å². The average molecular weight is 259 g/mol. The van der Waals surface area contributed by atoms with Crippen molar-refractivity contribution in [3.05, 3.63) is 35.4 Å². The number of nitrogens with zero attached hydrogens (tertiary/aromatic N) is 1. The Hall–Kier alpha value is -1.55. The molecule has 2 saturated heterocycles. The standard InChI is InChI=1S/C15H17NO3/c1-15(2,3)19-14(17)16-10-8-6-4-5-7-9(8)11(16)13-12(10)18-13/h4-7,10-13H,1-3H3/t10-,11+,12-,13+. The number of carbonyl (C=O) groups is 1. The zero-order valence-corrected chi connectivity index (χ0v) is 11.3. The van der Waals surface area contributed by atoms with Gasteiger partial charge >= 0.3 is 6.09 Å². The molecule has 0 radical (unpaired) electrons. The Balaban J connectivity index is 1.69. The highest BCUT2D eigenvalue weighted by atomic mass is 16.6. The Morgan fingerprint density at radius 1 is 1.16 bits per heavy atom. The van der Waals surface area contributed by atoms with Crippen LogP contribution in [0, 0.1) is 0 Å². The van der Waals surface area contributed by atoms with Gasteiger partial charge in [-0.15, -0.1) is 0 Å². The third-order valence-electron chi connectivity index (χ3n) is 4.02. The van der Waals surface area contributed by atoms with Crippen molar-refractivity contribution in [1.29, 1.82) is 0 Å². The maximum Gasteiger partial charge on any atom is 0.411 e. The Kier molecular flexibility index (Phi) is 1.97. The number of benzene rings is 1. The molecule has 2 fully saturated rings. The fraction of sp³-hybridized carbons (Fsp3) is 0.533. The summed E-state index contributed by atoms with van der Waals surface area (Å²) in [5, 5.41) is 0. The zero-order chi connectivity index (χ0) is 13.4. The fourth-order valence-electron chi connectivity index (χ4n) is 3.38. The second-order valence-electron chi connectivity index (χ2n) is 6.47. The molecule has 19 heavy (non-hydrogen) atoms. The van der Waals surface area contributed by atoms with E-state index in [4.69, 9.17) is 9.47 Å². The normalized spacial score (nSPS) is 33.9. The number of carbonyl (C=O) groups excluding carboxylic acids is 1. The molecule has 100 valence electrons. The van der Waals surface area contributed by atoms with Crippen LogP contribution in [0.5, 0.6) is 0 Å². The Labute approximate surface area is 112 Å². The minimum Gasteiger partial charge on any atom is -0.444 e. The maximum atomic E-state index is 12.4. The lowest BCUT2D eigenvalue weighted by atomic mass is 9.92. The predicted molar refractivity (Wildman–Crippen MR) is 68.7 cm³/mol. The van der Waals surface area contributed by atoms with Gasteiger partial charge in [0.25, 0.3) is 0 Å². The van der Waals surface area contributed by atoms with Gasteiger partial charge in [-0.1, -0.05) is 24.3 Å². The molecule has 4 rings (SSSR count). The molecule has 0 aromatic heterocycles. The van der Waals surface area contributed by atoms with Crippen molar-refractivity contribution in [2.45, 2.75) is 50.7 Å². The molecule has 0 N–H and O–H groups in total. The van der Waals surface area contributed by atoms with Crippen LogP contribution in [-0.4, -0.2) is 28.8 Å². The van der Waals surface area contributed by atoms with Crippen LogP contribution in [-0.2, 0) is 9.47 Å². The molecule has 4 atom stereocenters. The number of epoxide rings is 1. The van der Waals surface area contributed by atoms with E-state index < -0.39 is 5.60 Å². The fourth-order valence-corrected chi connectivity index (χ4v) is 3.38.